The highest BCUT2D eigenvalue weighted by Crippen LogP contribution is 2.25. The molecule has 21 heavy (non-hydrogen) atoms. The van der Waals surface area contributed by atoms with Crippen molar-refractivity contribution in [3.63, 3.8) is 0 Å². The Balaban J connectivity index is 2.05. The number of rotatable bonds is 3. The van der Waals surface area contributed by atoms with Crippen molar-refractivity contribution >= 4 is 23.2 Å². The van der Waals surface area contributed by atoms with Gasteiger partial charge in [0.15, 0.2) is 0 Å². The van der Waals surface area contributed by atoms with Crippen molar-refractivity contribution in [3.8, 4) is 16.9 Å². The highest BCUT2D eigenvalue weighted by Gasteiger charge is 2.11. The molecule has 3 aromatic rings. The van der Waals surface area contributed by atoms with Gasteiger partial charge in [-0.3, -0.25) is 0 Å². The van der Waals surface area contributed by atoms with E-state index in [1.165, 1.54) is 0 Å². The van der Waals surface area contributed by atoms with Crippen LogP contribution in [0.4, 0.5) is 0 Å². The molecule has 0 aliphatic rings. The molecule has 1 heterocycles. The molecule has 2 aromatic carbocycles. The Labute approximate surface area is 132 Å². The first-order chi connectivity index (χ1) is 10.2. The second-order valence-electron chi connectivity index (χ2n) is 4.59. The van der Waals surface area contributed by atoms with Crippen molar-refractivity contribution in [2.45, 2.75) is 6.61 Å². The number of hydrogen-bond donors (Lipinski definition) is 1. The van der Waals surface area contributed by atoms with Crippen LogP contribution in [0, 0.1) is 0 Å². The molecule has 1 aromatic heterocycles. The van der Waals surface area contributed by atoms with Gasteiger partial charge in [0, 0.05) is 27.4 Å². The topological polar surface area (TPSA) is 38.0 Å². The van der Waals surface area contributed by atoms with Gasteiger partial charge in [-0.2, -0.15) is 5.10 Å². The Morgan fingerprint density at radius 2 is 1.48 bits per heavy atom. The molecule has 0 atom stereocenters. The molecule has 3 nitrogen and oxygen atoms in total. The number of aliphatic hydroxyl groups is 1. The van der Waals surface area contributed by atoms with Crippen molar-refractivity contribution < 1.29 is 5.11 Å². The van der Waals surface area contributed by atoms with Gasteiger partial charge in [-0.15, -0.1) is 0 Å². The summed E-state index contributed by atoms with van der Waals surface area (Å²) < 4.78 is 1.73. The molecule has 0 saturated heterocycles. The first-order valence-corrected chi connectivity index (χ1v) is 7.14. The largest absolute Gasteiger partial charge is 0.392 e. The summed E-state index contributed by atoms with van der Waals surface area (Å²) in [5.74, 6) is 0. The average molecular weight is 319 g/mol. The minimum atomic E-state index is -0.0778. The van der Waals surface area contributed by atoms with Gasteiger partial charge >= 0.3 is 0 Å². The minimum absolute atomic E-state index is 0.0778. The van der Waals surface area contributed by atoms with Gasteiger partial charge in [-0.1, -0.05) is 35.3 Å². The molecule has 0 spiro atoms. The van der Waals surface area contributed by atoms with Crippen LogP contribution in [0.1, 0.15) is 5.56 Å². The Hall–Kier alpha value is -1.81. The van der Waals surface area contributed by atoms with E-state index in [1.54, 1.807) is 28.9 Å². The molecule has 0 aliphatic heterocycles. The SMILES string of the molecule is OCc1cn(-c2ccc(Cl)cc2)nc1-c1ccc(Cl)cc1. The van der Waals surface area contributed by atoms with Gasteiger partial charge in [0.2, 0.25) is 0 Å². The number of aliphatic hydroxyl groups excluding tert-OH is 1. The van der Waals surface area contributed by atoms with Crippen LogP contribution in [0.15, 0.2) is 54.7 Å². The smallest absolute Gasteiger partial charge is 0.0982 e. The van der Waals surface area contributed by atoms with Crippen LogP contribution in [0.5, 0.6) is 0 Å². The van der Waals surface area contributed by atoms with E-state index in [2.05, 4.69) is 5.10 Å². The summed E-state index contributed by atoms with van der Waals surface area (Å²) in [6.45, 7) is -0.0778. The van der Waals surface area contributed by atoms with Crippen molar-refractivity contribution in [2.24, 2.45) is 0 Å². The molecule has 106 valence electrons. The standard InChI is InChI=1S/C16H12Cl2N2O/c17-13-3-1-11(2-4-13)16-12(10-21)9-20(19-16)15-7-5-14(18)6-8-15/h1-9,21H,10H2. The maximum absolute atomic E-state index is 9.54. The van der Waals surface area contributed by atoms with Crippen LogP contribution in [-0.4, -0.2) is 14.9 Å². The van der Waals surface area contributed by atoms with Crippen LogP contribution in [-0.2, 0) is 6.61 Å². The molecule has 0 bridgehead atoms. The minimum Gasteiger partial charge on any atom is -0.392 e. The lowest BCUT2D eigenvalue weighted by Gasteiger charge is -2.01. The van der Waals surface area contributed by atoms with Gasteiger partial charge in [0.05, 0.1) is 18.0 Å². The summed E-state index contributed by atoms with van der Waals surface area (Å²) in [6.07, 6.45) is 1.81. The molecule has 0 radical (unpaired) electrons. The third-order valence-electron chi connectivity index (χ3n) is 3.17. The van der Waals surface area contributed by atoms with E-state index < -0.39 is 0 Å². The van der Waals surface area contributed by atoms with E-state index >= 15 is 0 Å². The van der Waals surface area contributed by atoms with Gasteiger partial charge < -0.3 is 5.11 Å². The molecule has 0 aliphatic carbocycles. The maximum atomic E-state index is 9.54. The lowest BCUT2D eigenvalue weighted by molar-refractivity contribution is 0.282. The summed E-state index contributed by atoms with van der Waals surface area (Å²) in [5.41, 5.74) is 3.29. The normalized spacial score (nSPS) is 10.8. The Morgan fingerprint density at radius 3 is 2.05 bits per heavy atom. The van der Waals surface area contributed by atoms with Gasteiger partial charge in [0.1, 0.15) is 0 Å². The van der Waals surface area contributed by atoms with E-state index in [0.29, 0.717) is 10.0 Å². The van der Waals surface area contributed by atoms with Crippen LogP contribution in [0.25, 0.3) is 16.9 Å². The predicted octanol–water partition coefficient (Wildman–Crippen LogP) is 4.34. The monoisotopic (exact) mass is 318 g/mol. The first kappa shape index (κ1) is 14.1. The molecule has 3 rings (SSSR count). The predicted molar refractivity (Wildman–Crippen MR) is 84.9 cm³/mol. The van der Waals surface area contributed by atoms with E-state index in [9.17, 15) is 5.11 Å². The van der Waals surface area contributed by atoms with E-state index in [1.807, 2.05) is 30.5 Å². The Morgan fingerprint density at radius 1 is 0.905 bits per heavy atom. The third-order valence-corrected chi connectivity index (χ3v) is 3.67. The van der Waals surface area contributed by atoms with Crippen molar-refractivity contribution in [3.05, 3.63) is 70.3 Å². The highest BCUT2D eigenvalue weighted by molar-refractivity contribution is 6.30. The first-order valence-electron chi connectivity index (χ1n) is 6.38. The molecular weight excluding hydrogens is 307 g/mol. The molecule has 0 unspecified atom stereocenters. The van der Waals surface area contributed by atoms with Gasteiger partial charge in [0.25, 0.3) is 0 Å². The van der Waals surface area contributed by atoms with Crippen molar-refractivity contribution in [1.29, 1.82) is 0 Å². The van der Waals surface area contributed by atoms with Gasteiger partial charge in [-0.05, 0) is 36.4 Å². The summed E-state index contributed by atoms with van der Waals surface area (Å²) in [7, 11) is 0. The third kappa shape index (κ3) is 2.95. The zero-order valence-corrected chi connectivity index (χ0v) is 12.5. The molecule has 5 heteroatoms. The number of nitrogens with zero attached hydrogens (tertiary/aromatic N) is 2. The zero-order chi connectivity index (χ0) is 14.8. The van der Waals surface area contributed by atoms with Gasteiger partial charge in [-0.25, -0.2) is 4.68 Å². The fraction of sp³-hybridized carbons (Fsp3) is 0.0625. The van der Waals surface area contributed by atoms with Crippen LogP contribution < -0.4 is 0 Å². The molecule has 0 fully saturated rings. The molecular formula is C16H12Cl2N2O. The maximum Gasteiger partial charge on any atom is 0.0982 e. The Kier molecular flexibility index (Phi) is 3.97. The van der Waals surface area contributed by atoms with Crippen molar-refractivity contribution in [1.82, 2.24) is 9.78 Å². The lowest BCUT2D eigenvalue weighted by atomic mass is 10.1. The van der Waals surface area contributed by atoms with E-state index in [-0.39, 0.29) is 6.61 Å². The molecule has 0 amide bonds. The lowest BCUT2D eigenvalue weighted by Crippen LogP contribution is -1.94. The molecule has 1 N–H and O–H groups in total. The Bertz CT molecular complexity index is 749. The van der Waals surface area contributed by atoms with Crippen LogP contribution in [0.3, 0.4) is 0 Å². The van der Waals surface area contributed by atoms with Crippen molar-refractivity contribution in [2.75, 3.05) is 0 Å². The summed E-state index contributed by atoms with van der Waals surface area (Å²) in [5, 5.41) is 15.4. The summed E-state index contributed by atoms with van der Waals surface area (Å²) in [4.78, 5) is 0. The fourth-order valence-corrected chi connectivity index (χ4v) is 2.35. The number of halogens is 2. The second kappa shape index (κ2) is 5.90. The number of benzene rings is 2. The fourth-order valence-electron chi connectivity index (χ4n) is 2.10. The van der Waals surface area contributed by atoms with Crippen LogP contribution >= 0.6 is 23.2 Å². The summed E-state index contributed by atoms with van der Waals surface area (Å²) in [6, 6.07) is 14.7. The summed E-state index contributed by atoms with van der Waals surface area (Å²) >= 11 is 11.8. The van der Waals surface area contributed by atoms with Crippen LogP contribution in [0.2, 0.25) is 10.0 Å². The zero-order valence-electron chi connectivity index (χ0n) is 11.0. The highest BCUT2D eigenvalue weighted by atomic mass is 35.5. The average Bonchev–Trinajstić information content (AvgIpc) is 2.93. The van der Waals surface area contributed by atoms with E-state index in [4.69, 9.17) is 23.2 Å². The second-order valence-corrected chi connectivity index (χ2v) is 5.46. The molecule has 0 saturated carbocycles. The van der Waals surface area contributed by atoms with E-state index in [0.717, 1.165) is 22.5 Å². The number of aromatic nitrogens is 2. The quantitative estimate of drug-likeness (QED) is 0.780. The number of hydrogen-bond acceptors (Lipinski definition) is 2.